The van der Waals surface area contributed by atoms with E-state index < -0.39 is 17.9 Å². The van der Waals surface area contributed by atoms with Gasteiger partial charge in [-0.15, -0.1) is 0 Å². The largest absolute Gasteiger partial charge is 0.423 e. The van der Waals surface area contributed by atoms with Gasteiger partial charge in [0.2, 0.25) is 0 Å². The van der Waals surface area contributed by atoms with Crippen LogP contribution in [0.15, 0.2) is 53.1 Å². The van der Waals surface area contributed by atoms with Gasteiger partial charge in [-0.25, -0.2) is 13.8 Å². The molecule has 0 spiro atoms. The highest BCUT2D eigenvalue weighted by Gasteiger charge is 2.16. The Hall–Kier alpha value is -2.77. The van der Waals surface area contributed by atoms with Gasteiger partial charge in [0.25, 0.3) is 6.01 Å². The molecule has 2 aromatic carbocycles. The molecular weight excluding hydrogens is 318 g/mol. The number of methoxy groups -OCH3 is 1. The third-order valence-corrected chi connectivity index (χ3v) is 3.39. The molecule has 0 fully saturated rings. The van der Waals surface area contributed by atoms with Crippen molar-refractivity contribution in [1.29, 1.82) is 0 Å². The van der Waals surface area contributed by atoms with Crippen molar-refractivity contribution in [3.05, 3.63) is 65.9 Å². The molecule has 3 aromatic rings. The smallest absolute Gasteiger partial charge is 0.299 e. The standard InChI is InChI=1S/C17H14F2N2O3/c1-23-16(22)12-5-3-2-4-11(12)15-9-20-17(24-15)21-14-8-10(18)6-7-13(14)19/h2-9,16,22H,1H3,(H,20,21). The second-order valence-electron chi connectivity index (χ2n) is 4.95. The first-order valence-corrected chi connectivity index (χ1v) is 7.06. The van der Waals surface area contributed by atoms with Gasteiger partial charge in [-0.05, 0) is 12.1 Å². The van der Waals surface area contributed by atoms with E-state index in [1.165, 1.54) is 13.3 Å². The molecule has 0 bridgehead atoms. The molecule has 1 unspecified atom stereocenters. The van der Waals surface area contributed by atoms with Gasteiger partial charge in [0.1, 0.15) is 11.6 Å². The van der Waals surface area contributed by atoms with Gasteiger partial charge in [-0.3, -0.25) is 0 Å². The Kier molecular flexibility index (Phi) is 4.54. The van der Waals surface area contributed by atoms with E-state index in [1.807, 2.05) is 0 Å². The average Bonchev–Trinajstić information content (AvgIpc) is 3.06. The number of benzene rings is 2. The molecule has 124 valence electrons. The third kappa shape index (κ3) is 3.27. The number of rotatable bonds is 5. The first kappa shape index (κ1) is 16.1. The molecule has 1 atom stereocenters. The van der Waals surface area contributed by atoms with Crippen molar-refractivity contribution in [3.63, 3.8) is 0 Å². The van der Waals surface area contributed by atoms with Gasteiger partial charge in [0.05, 0.1) is 11.9 Å². The zero-order chi connectivity index (χ0) is 17.1. The third-order valence-electron chi connectivity index (χ3n) is 3.39. The SMILES string of the molecule is COC(O)c1ccccc1-c1cnc(Nc2cc(F)ccc2F)o1. The molecular formula is C17H14F2N2O3. The number of oxazole rings is 1. The van der Waals surface area contributed by atoms with Crippen molar-refractivity contribution in [2.75, 3.05) is 12.4 Å². The highest BCUT2D eigenvalue weighted by Crippen LogP contribution is 2.31. The van der Waals surface area contributed by atoms with E-state index in [1.54, 1.807) is 24.3 Å². The zero-order valence-corrected chi connectivity index (χ0v) is 12.7. The number of aliphatic hydroxyl groups is 1. The number of aliphatic hydroxyl groups excluding tert-OH is 1. The van der Waals surface area contributed by atoms with Crippen molar-refractivity contribution in [1.82, 2.24) is 4.98 Å². The maximum atomic E-state index is 13.7. The van der Waals surface area contributed by atoms with Gasteiger partial charge in [0.15, 0.2) is 12.1 Å². The van der Waals surface area contributed by atoms with Crippen LogP contribution in [-0.2, 0) is 4.74 Å². The number of nitrogens with zero attached hydrogens (tertiary/aromatic N) is 1. The van der Waals surface area contributed by atoms with Crippen molar-refractivity contribution >= 4 is 11.7 Å². The lowest BCUT2D eigenvalue weighted by Crippen LogP contribution is -2.01. The molecule has 0 aliphatic heterocycles. The summed E-state index contributed by atoms with van der Waals surface area (Å²) in [5.41, 5.74) is 0.986. The Labute approximate surface area is 136 Å². The van der Waals surface area contributed by atoms with Gasteiger partial charge < -0.3 is 19.6 Å². The van der Waals surface area contributed by atoms with Crippen LogP contribution in [0.5, 0.6) is 0 Å². The number of anilines is 2. The van der Waals surface area contributed by atoms with Crippen molar-refractivity contribution in [3.8, 4) is 11.3 Å². The second-order valence-corrected chi connectivity index (χ2v) is 4.95. The number of aromatic nitrogens is 1. The summed E-state index contributed by atoms with van der Waals surface area (Å²) in [5, 5.41) is 12.5. The van der Waals surface area contributed by atoms with E-state index in [0.717, 1.165) is 18.2 Å². The van der Waals surface area contributed by atoms with E-state index in [2.05, 4.69) is 10.3 Å². The summed E-state index contributed by atoms with van der Waals surface area (Å²) in [6.07, 6.45) is 0.296. The Balaban J connectivity index is 1.90. The average molecular weight is 332 g/mol. The molecule has 0 saturated carbocycles. The van der Waals surface area contributed by atoms with E-state index in [4.69, 9.17) is 9.15 Å². The first-order chi connectivity index (χ1) is 11.6. The zero-order valence-electron chi connectivity index (χ0n) is 12.7. The Morgan fingerprint density at radius 2 is 2.00 bits per heavy atom. The van der Waals surface area contributed by atoms with Crippen molar-refractivity contribution in [2.24, 2.45) is 0 Å². The summed E-state index contributed by atoms with van der Waals surface area (Å²) in [4.78, 5) is 4.00. The maximum Gasteiger partial charge on any atom is 0.299 e. The Bertz CT molecular complexity index is 851. The minimum atomic E-state index is -1.12. The molecule has 0 aliphatic rings. The van der Waals surface area contributed by atoms with Crippen LogP contribution in [0.4, 0.5) is 20.5 Å². The Morgan fingerprint density at radius 3 is 2.79 bits per heavy atom. The van der Waals surface area contributed by atoms with Crippen LogP contribution in [0.1, 0.15) is 11.9 Å². The fraction of sp³-hybridized carbons (Fsp3) is 0.118. The Morgan fingerprint density at radius 1 is 1.21 bits per heavy atom. The molecule has 1 aromatic heterocycles. The highest BCUT2D eigenvalue weighted by atomic mass is 19.1. The lowest BCUT2D eigenvalue weighted by atomic mass is 10.1. The van der Waals surface area contributed by atoms with Crippen molar-refractivity contribution in [2.45, 2.75) is 6.29 Å². The van der Waals surface area contributed by atoms with Crippen LogP contribution >= 0.6 is 0 Å². The summed E-state index contributed by atoms with van der Waals surface area (Å²) in [7, 11) is 1.38. The number of hydrogen-bond acceptors (Lipinski definition) is 5. The van der Waals surface area contributed by atoms with E-state index in [9.17, 15) is 13.9 Å². The highest BCUT2D eigenvalue weighted by molar-refractivity contribution is 5.63. The molecule has 24 heavy (non-hydrogen) atoms. The molecule has 5 nitrogen and oxygen atoms in total. The molecule has 7 heteroatoms. The summed E-state index contributed by atoms with van der Waals surface area (Å²) >= 11 is 0. The van der Waals surface area contributed by atoms with E-state index >= 15 is 0 Å². The number of halogens is 2. The minimum Gasteiger partial charge on any atom is -0.423 e. The number of hydrogen-bond donors (Lipinski definition) is 2. The first-order valence-electron chi connectivity index (χ1n) is 7.06. The lowest BCUT2D eigenvalue weighted by Gasteiger charge is -2.12. The fourth-order valence-corrected chi connectivity index (χ4v) is 2.23. The summed E-state index contributed by atoms with van der Waals surface area (Å²) in [6.45, 7) is 0. The molecule has 1 heterocycles. The summed E-state index contributed by atoms with van der Waals surface area (Å²) in [6, 6.07) is 9.95. The lowest BCUT2D eigenvalue weighted by molar-refractivity contribution is -0.0765. The van der Waals surface area contributed by atoms with Gasteiger partial charge in [-0.1, -0.05) is 24.3 Å². The molecule has 0 amide bonds. The summed E-state index contributed by atoms with van der Waals surface area (Å²) in [5.74, 6) is -0.869. The fourth-order valence-electron chi connectivity index (χ4n) is 2.23. The second kappa shape index (κ2) is 6.77. The van der Waals surface area contributed by atoms with Gasteiger partial charge in [-0.2, -0.15) is 0 Å². The normalized spacial score (nSPS) is 12.2. The molecule has 0 aliphatic carbocycles. The van der Waals surface area contributed by atoms with E-state index in [0.29, 0.717) is 16.9 Å². The number of nitrogens with one attached hydrogen (secondary N) is 1. The van der Waals surface area contributed by atoms with Crippen LogP contribution in [-0.4, -0.2) is 17.2 Å². The predicted octanol–water partition coefficient (Wildman–Crippen LogP) is 4.00. The van der Waals surface area contributed by atoms with Crippen LogP contribution in [0.3, 0.4) is 0 Å². The van der Waals surface area contributed by atoms with Crippen LogP contribution in [0, 0.1) is 11.6 Å². The monoisotopic (exact) mass is 332 g/mol. The minimum absolute atomic E-state index is 0.00351. The molecule has 3 rings (SSSR count). The quantitative estimate of drug-likeness (QED) is 0.691. The predicted molar refractivity (Wildman–Crippen MR) is 83.5 cm³/mol. The molecule has 0 saturated heterocycles. The molecule has 2 N–H and O–H groups in total. The van der Waals surface area contributed by atoms with Crippen LogP contribution < -0.4 is 5.32 Å². The van der Waals surface area contributed by atoms with Gasteiger partial charge in [0, 0.05) is 24.3 Å². The number of ether oxygens (including phenoxy) is 1. The van der Waals surface area contributed by atoms with Gasteiger partial charge >= 0.3 is 0 Å². The van der Waals surface area contributed by atoms with Crippen molar-refractivity contribution < 1.29 is 23.0 Å². The van der Waals surface area contributed by atoms with Crippen LogP contribution in [0.25, 0.3) is 11.3 Å². The maximum absolute atomic E-state index is 13.7. The summed E-state index contributed by atoms with van der Waals surface area (Å²) < 4.78 is 37.3. The van der Waals surface area contributed by atoms with E-state index in [-0.39, 0.29) is 11.7 Å². The van der Waals surface area contributed by atoms with Crippen LogP contribution in [0.2, 0.25) is 0 Å². The topological polar surface area (TPSA) is 67.5 Å². The molecule has 0 radical (unpaired) electrons.